The number of hydrogen-bond donors (Lipinski definition) is 3. The molecule has 2 aliphatic rings. The third kappa shape index (κ3) is 3.34. The molecule has 4 rings (SSSR count). The number of fused-ring (bicyclic) bond motifs is 1. The molecule has 9 heteroatoms. The molecule has 8 nitrogen and oxygen atoms in total. The Morgan fingerprint density at radius 3 is 3.16 bits per heavy atom. The molecule has 3 heterocycles. The zero-order valence-electron chi connectivity index (χ0n) is 13.8. The van der Waals surface area contributed by atoms with E-state index in [4.69, 9.17) is 5.73 Å². The second-order valence-electron chi connectivity index (χ2n) is 6.40. The molecule has 2 aromatic rings. The number of aromatic nitrogens is 4. The number of rotatable bonds is 4. The van der Waals surface area contributed by atoms with Gasteiger partial charge in [-0.2, -0.15) is 0 Å². The number of imidazole rings is 1. The van der Waals surface area contributed by atoms with Crippen LogP contribution < -0.4 is 16.0 Å². The van der Waals surface area contributed by atoms with Crippen molar-refractivity contribution in [3.63, 3.8) is 0 Å². The zero-order valence-corrected chi connectivity index (χ0v) is 14.6. The molecule has 1 fully saturated rings. The highest BCUT2D eigenvalue weighted by Gasteiger charge is 2.26. The first-order chi connectivity index (χ1) is 12.2. The highest BCUT2D eigenvalue weighted by atomic mass is 32.2. The first kappa shape index (κ1) is 16.3. The molecule has 1 amide bonds. The van der Waals surface area contributed by atoms with Crippen LogP contribution in [0.25, 0.3) is 11.2 Å². The summed E-state index contributed by atoms with van der Waals surface area (Å²) in [7, 11) is 0. The van der Waals surface area contributed by atoms with Crippen molar-refractivity contribution in [1.82, 2.24) is 25.3 Å². The monoisotopic (exact) mass is 359 g/mol. The quantitative estimate of drug-likeness (QED) is 0.746. The predicted molar refractivity (Wildman–Crippen MR) is 97.9 cm³/mol. The third-order valence-corrected chi connectivity index (χ3v) is 5.79. The summed E-state index contributed by atoms with van der Waals surface area (Å²) in [6.07, 6.45) is 8.26. The summed E-state index contributed by atoms with van der Waals surface area (Å²) in [6.45, 7) is 1.43. The standard InChI is InChI=1S/C16H21N7OS/c17-11-3-1-2-10(11)6-18-16(24)12-7-23(4-5-25-12)15-13-14(20-8-19-13)21-9-22-15/h7-11H,1-6,17H2,(H,18,24)(H,19,20,21,22)/t10-,11+/m1/s1. The van der Waals surface area contributed by atoms with Gasteiger partial charge in [0.1, 0.15) is 11.8 Å². The third-order valence-electron chi connectivity index (χ3n) is 4.80. The van der Waals surface area contributed by atoms with Crippen molar-refractivity contribution in [2.45, 2.75) is 25.3 Å². The van der Waals surface area contributed by atoms with Crippen LogP contribution in [0.3, 0.4) is 0 Å². The number of anilines is 1. The van der Waals surface area contributed by atoms with E-state index in [1.165, 1.54) is 6.33 Å². The Labute approximate surface area is 149 Å². The summed E-state index contributed by atoms with van der Waals surface area (Å²) in [5.74, 6) is 1.91. The van der Waals surface area contributed by atoms with Gasteiger partial charge in [0.25, 0.3) is 5.91 Å². The highest BCUT2D eigenvalue weighted by molar-refractivity contribution is 8.04. The van der Waals surface area contributed by atoms with Crippen LogP contribution >= 0.6 is 11.8 Å². The van der Waals surface area contributed by atoms with Crippen LogP contribution in [0.1, 0.15) is 19.3 Å². The summed E-state index contributed by atoms with van der Waals surface area (Å²) in [6, 6.07) is 0.208. The highest BCUT2D eigenvalue weighted by Crippen LogP contribution is 2.28. The molecule has 1 aliphatic heterocycles. The fourth-order valence-corrected chi connectivity index (χ4v) is 4.30. The zero-order chi connectivity index (χ0) is 17.2. The van der Waals surface area contributed by atoms with Crippen molar-refractivity contribution in [1.29, 1.82) is 0 Å². The van der Waals surface area contributed by atoms with Crippen molar-refractivity contribution in [2.75, 3.05) is 23.7 Å². The molecule has 25 heavy (non-hydrogen) atoms. The number of nitrogens with one attached hydrogen (secondary N) is 2. The Bertz CT molecular complexity index is 805. The Morgan fingerprint density at radius 1 is 1.40 bits per heavy atom. The minimum atomic E-state index is -0.0382. The van der Waals surface area contributed by atoms with Gasteiger partial charge in [-0.3, -0.25) is 4.79 Å². The molecule has 0 saturated heterocycles. The van der Waals surface area contributed by atoms with E-state index in [9.17, 15) is 4.79 Å². The minimum Gasteiger partial charge on any atom is -0.351 e. The molecule has 0 radical (unpaired) electrons. The second kappa shape index (κ2) is 7.01. The number of amides is 1. The lowest BCUT2D eigenvalue weighted by molar-refractivity contribution is -0.117. The predicted octanol–water partition coefficient (Wildman–Crippen LogP) is 0.991. The lowest BCUT2D eigenvalue weighted by Gasteiger charge is -2.25. The lowest BCUT2D eigenvalue weighted by Crippen LogP contribution is -2.37. The Hall–Kier alpha value is -2.13. The van der Waals surface area contributed by atoms with Crippen LogP contribution in [0.15, 0.2) is 23.8 Å². The van der Waals surface area contributed by atoms with Crippen molar-refractivity contribution >= 4 is 34.7 Å². The van der Waals surface area contributed by atoms with E-state index >= 15 is 0 Å². The molecule has 1 aliphatic carbocycles. The number of H-pyrrole nitrogens is 1. The fourth-order valence-electron chi connectivity index (χ4n) is 3.39. The maximum Gasteiger partial charge on any atom is 0.259 e. The van der Waals surface area contributed by atoms with Gasteiger partial charge >= 0.3 is 0 Å². The van der Waals surface area contributed by atoms with Gasteiger partial charge in [0.05, 0.1) is 11.2 Å². The molecule has 0 spiro atoms. The average molecular weight is 359 g/mol. The maximum absolute atomic E-state index is 12.5. The number of nitrogens with two attached hydrogens (primary N) is 1. The van der Waals surface area contributed by atoms with E-state index < -0.39 is 0 Å². The number of hydrogen-bond acceptors (Lipinski definition) is 7. The number of thioether (sulfide) groups is 1. The van der Waals surface area contributed by atoms with Crippen LogP contribution in [0.5, 0.6) is 0 Å². The van der Waals surface area contributed by atoms with Crippen molar-refractivity contribution in [3.05, 3.63) is 23.8 Å². The first-order valence-corrected chi connectivity index (χ1v) is 9.50. The maximum atomic E-state index is 12.5. The van der Waals surface area contributed by atoms with Gasteiger partial charge in [0, 0.05) is 31.1 Å². The topological polar surface area (TPSA) is 113 Å². The fraction of sp³-hybridized carbons (Fsp3) is 0.500. The van der Waals surface area contributed by atoms with Crippen LogP contribution in [-0.4, -0.2) is 50.7 Å². The second-order valence-corrected chi connectivity index (χ2v) is 7.54. The summed E-state index contributed by atoms with van der Waals surface area (Å²) in [5, 5.41) is 3.04. The minimum absolute atomic E-state index is 0.0382. The molecule has 0 unspecified atom stereocenters. The van der Waals surface area contributed by atoms with E-state index in [1.54, 1.807) is 18.1 Å². The number of nitrogens with zero attached hydrogens (tertiary/aromatic N) is 4. The van der Waals surface area contributed by atoms with Crippen LogP contribution in [0, 0.1) is 5.92 Å². The summed E-state index contributed by atoms with van der Waals surface area (Å²) in [5.41, 5.74) is 7.48. The molecule has 1 saturated carbocycles. The molecule has 0 bridgehead atoms. The van der Waals surface area contributed by atoms with Gasteiger partial charge in [-0.1, -0.05) is 6.42 Å². The van der Waals surface area contributed by atoms with Gasteiger partial charge in [-0.05, 0) is 18.8 Å². The smallest absolute Gasteiger partial charge is 0.259 e. The number of carbonyl (C=O) groups is 1. The molecular formula is C16H21N7OS. The van der Waals surface area contributed by atoms with E-state index in [0.717, 1.165) is 42.9 Å². The SMILES string of the molecule is N[C@H]1CCC[C@@H]1CNC(=O)C1=CN(c2ncnc3nc[nH]c23)CCS1. The summed E-state index contributed by atoms with van der Waals surface area (Å²) in [4.78, 5) is 30.9. The van der Waals surface area contributed by atoms with E-state index in [-0.39, 0.29) is 11.9 Å². The van der Waals surface area contributed by atoms with Gasteiger partial charge < -0.3 is 20.9 Å². The average Bonchev–Trinajstić information content (AvgIpc) is 3.28. The molecule has 4 N–H and O–H groups in total. The first-order valence-electron chi connectivity index (χ1n) is 8.51. The Kier molecular flexibility index (Phi) is 4.58. The van der Waals surface area contributed by atoms with E-state index in [1.807, 2.05) is 11.1 Å². The van der Waals surface area contributed by atoms with Gasteiger partial charge in [-0.15, -0.1) is 11.8 Å². The van der Waals surface area contributed by atoms with Crippen LogP contribution in [0.2, 0.25) is 0 Å². The molecule has 0 aromatic carbocycles. The van der Waals surface area contributed by atoms with Crippen molar-refractivity contribution < 1.29 is 4.79 Å². The molecule has 2 aromatic heterocycles. The van der Waals surface area contributed by atoms with E-state index in [2.05, 4.69) is 25.3 Å². The lowest BCUT2D eigenvalue weighted by atomic mass is 10.1. The van der Waals surface area contributed by atoms with Gasteiger partial charge in [0.15, 0.2) is 11.5 Å². The molecule has 2 atom stereocenters. The normalized spacial score (nSPS) is 23.7. The largest absolute Gasteiger partial charge is 0.351 e. The molecule has 132 valence electrons. The number of carbonyl (C=O) groups excluding carboxylic acids is 1. The molecular weight excluding hydrogens is 338 g/mol. The van der Waals surface area contributed by atoms with Gasteiger partial charge in [0.2, 0.25) is 0 Å². The summed E-state index contributed by atoms with van der Waals surface area (Å²) >= 11 is 1.57. The number of aromatic amines is 1. The van der Waals surface area contributed by atoms with Crippen molar-refractivity contribution in [2.24, 2.45) is 11.7 Å². The van der Waals surface area contributed by atoms with E-state index in [0.29, 0.717) is 23.0 Å². The van der Waals surface area contributed by atoms with Crippen LogP contribution in [0.4, 0.5) is 5.82 Å². The Morgan fingerprint density at radius 2 is 2.32 bits per heavy atom. The van der Waals surface area contributed by atoms with Crippen LogP contribution in [-0.2, 0) is 4.79 Å². The summed E-state index contributed by atoms with van der Waals surface area (Å²) < 4.78 is 0. The van der Waals surface area contributed by atoms with Gasteiger partial charge in [-0.25, -0.2) is 15.0 Å². The van der Waals surface area contributed by atoms with Crippen molar-refractivity contribution in [3.8, 4) is 0 Å². The Balaban J connectivity index is 1.48.